The van der Waals surface area contributed by atoms with Gasteiger partial charge in [0, 0.05) is 6.54 Å². The number of hydrogen-bond acceptors (Lipinski definition) is 1. The van der Waals surface area contributed by atoms with Crippen molar-refractivity contribution in [2.45, 2.75) is 6.54 Å². The Bertz CT molecular complexity index is 456. The van der Waals surface area contributed by atoms with Crippen molar-refractivity contribution in [2.24, 2.45) is 0 Å². The lowest BCUT2D eigenvalue weighted by Crippen LogP contribution is -2.32. The average Bonchev–Trinajstić information content (AvgIpc) is 2.37. The Kier molecular flexibility index (Phi) is 5.50. The van der Waals surface area contributed by atoms with E-state index in [0.717, 1.165) is 11.1 Å². The van der Waals surface area contributed by atoms with Gasteiger partial charge in [-0.2, -0.15) is 0 Å². The average molecular weight is 281 g/mol. The largest absolute Gasteiger partial charge is 0.285 e. The quantitative estimate of drug-likeness (QED) is 0.749. The summed E-state index contributed by atoms with van der Waals surface area (Å²) in [6.45, 7) is 4.38. The Morgan fingerprint density at radius 3 is 1.89 bits per heavy atom. The van der Waals surface area contributed by atoms with Crippen LogP contribution in [0.4, 0.5) is 0 Å². The summed E-state index contributed by atoms with van der Waals surface area (Å²) >= 11 is 0. The Labute approximate surface area is 116 Å². The molecule has 1 aromatic carbocycles. The maximum atomic E-state index is 13.0. The van der Waals surface area contributed by atoms with Gasteiger partial charge >= 0.3 is 0 Å². The molecule has 106 valence electrons. The second-order valence-corrected chi connectivity index (χ2v) is 8.28. The van der Waals surface area contributed by atoms with E-state index >= 15 is 0 Å². The minimum absolute atomic E-state index is 0.644. The van der Waals surface area contributed by atoms with E-state index in [9.17, 15) is 4.57 Å². The van der Waals surface area contributed by atoms with E-state index in [4.69, 9.17) is 0 Å². The van der Waals surface area contributed by atoms with Gasteiger partial charge in [0.15, 0.2) is 0 Å². The predicted octanol–water partition coefficient (Wildman–Crippen LogP) is 2.99. The number of nitrogens with zero attached hydrogens (tertiary/aromatic N) is 3. The van der Waals surface area contributed by atoms with E-state index in [2.05, 4.69) is 6.58 Å². The molecule has 0 bridgehead atoms. The molecule has 0 fully saturated rings. The van der Waals surface area contributed by atoms with Gasteiger partial charge in [-0.15, -0.1) is 0 Å². The maximum Gasteiger partial charge on any atom is 0.285 e. The zero-order chi connectivity index (χ0) is 14.6. The fourth-order valence-corrected chi connectivity index (χ4v) is 4.37. The number of hydrogen-bond donors (Lipinski definition) is 0. The third kappa shape index (κ3) is 3.54. The summed E-state index contributed by atoms with van der Waals surface area (Å²) in [6.07, 6.45) is 1.82. The zero-order valence-electron chi connectivity index (χ0n) is 12.5. The topological polar surface area (TPSA) is 26.8 Å². The van der Waals surface area contributed by atoms with Gasteiger partial charge in [0.25, 0.3) is 7.59 Å². The van der Waals surface area contributed by atoms with Crippen LogP contribution < -0.4 is 0 Å². The van der Waals surface area contributed by atoms with E-state index in [1.807, 2.05) is 70.3 Å². The van der Waals surface area contributed by atoms with Crippen molar-refractivity contribution in [3.05, 3.63) is 42.0 Å². The molecule has 19 heavy (non-hydrogen) atoms. The normalized spacial score (nSPS) is 12.4. The molecule has 1 rings (SSSR count). The Morgan fingerprint density at radius 1 is 1.05 bits per heavy atom. The van der Waals surface area contributed by atoms with E-state index in [1.54, 1.807) is 9.34 Å². The van der Waals surface area contributed by atoms with Crippen LogP contribution in [0.25, 0.3) is 6.08 Å². The molecule has 5 heteroatoms. The zero-order valence-corrected chi connectivity index (χ0v) is 13.4. The molecule has 0 aliphatic carbocycles. The highest BCUT2D eigenvalue weighted by Crippen LogP contribution is 2.52. The number of rotatable bonds is 6. The summed E-state index contributed by atoms with van der Waals surface area (Å²) in [7, 11) is 6.61. The van der Waals surface area contributed by atoms with Crippen molar-refractivity contribution >= 4 is 13.7 Å². The highest BCUT2D eigenvalue weighted by Gasteiger charge is 2.32. The molecule has 1 aromatic rings. The van der Waals surface area contributed by atoms with Crippen molar-refractivity contribution in [1.82, 2.24) is 14.0 Å². The molecule has 0 radical (unpaired) electrons. The van der Waals surface area contributed by atoms with Crippen LogP contribution in [-0.4, -0.2) is 49.2 Å². The summed E-state index contributed by atoms with van der Waals surface area (Å²) in [5.74, 6) is 0. The van der Waals surface area contributed by atoms with Crippen molar-refractivity contribution in [3.63, 3.8) is 0 Å². The first-order chi connectivity index (χ1) is 8.82. The van der Waals surface area contributed by atoms with Crippen LogP contribution in [0.2, 0.25) is 0 Å². The van der Waals surface area contributed by atoms with Gasteiger partial charge < -0.3 is 0 Å². The molecule has 0 spiro atoms. The molecule has 0 aliphatic rings. The lowest BCUT2D eigenvalue weighted by atomic mass is 10.1. The van der Waals surface area contributed by atoms with Gasteiger partial charge in [-0.3, -0.25) is 4.57 Å². The van der Waals surface area contributed by atoms with Crippen molar-refractivity contribution in [1.29, 1.82) is 0 Å². The molecule has 0 amide bonds. The molecule has 0 saturated carbocycles. The van der Waals surface area contributed by atoms with Crippen molar-refractivity contribution < 1.29 is 4.57 Å². The number of benzene rings is 1. The van der Waals surface area contributed by atoms with Crippen molar-refractivity contribution in [3.8, 4) is 0 Å². The Hall–Kier alpha value is -0.930. The smallest absolute Gasteiger partial charge is 0.270 e. The Morgan fingerprint density at radius 2 is 1.53 bits per heavy atom. The van der Waals surface area contributed by atoms with Crippen LogP contribution in [0.5, 0.6) is 0 Å². The Balaban J connectivity index is 2.90. The fourth-order valence-electron chi connectivity index (χ4n) is 2.08. The molecule has 0 saturated heterocycles. The molecule has 0 heterocycles. The lowest BCUT2D eigenvalue weighted by Gasteiger charge is -2.37. The monoisotopic (exact) mass is 281 g/mol. The van der Waals surface area contributed by atoms with Gasteiger partial charge in [-0.1, -0.05) is 36.9 Å². The molecule has 0 atom stereocenters. The first-order valence-electron chi connectivity index (χ1n) is 6.21. The maximum absolute atomic E-state index is 13.0. The second kappa shape index (κ2) is 6.49. The fraction of sp³-hybridized carbons (Fsp3) is 0.429. The summed E-state index contributed by atoms with van der Waals surface area (Å²) < 4.78 is 18.5. The van der Waals surface area contributed by atoms with Gasteiger partial charge in [0.1, 0.15) is 0 Å². The first kappa shape index (κ1) is 16.1. The van der Waals surface area contributed by atoms with E-state index < -0.39 is 7.59 Å². The van der Waals surface area contributed by atoms with Crippen LogP contribution >= 0.6 is 7.59 Å². The van der Waals surface area contributed by atoms with Gasteiger partial charge in [-0.05, 0) is 46.4 Å². The van der Waals surface area contributed by atoms with Crippen LogP contribution in [-0.2, 0) is 11.1 Å². The molecule has 0 aromatic heterocycles. The standard InChI is InChI=1S/C14H24N3OP/c1-7-13-8-10-14(11-9-13)12-17(6)19(18,15(2)3)16(4)5/h7-11H,1,12H2,2-6H3. The molecule has 0 unspecified atom stereocenters. The minimum atomic E-state index is -2.66. The van der Waals surface area contributed by atoms with E-state index in [1.165, 1.54) is 0 Å². The van der Waals surface area contributed by atoms with Crippen LogP contribution in [0.1, 0.15) is 11.1 Å². The first-order valence-corrected chi connectivity index (χ1v) is 7.77. The third-order valence-corrected chi connectivity index (χ3v) is 6.23. The highest BCUT2D eigenvalue weighted by molar-refractivity contribution is 7.56. The summed E-state index contributed by atoms with van der Waals surface area (Å²) in [6, 6.07) is 8.13. The third-order valence-electron chi connectivity index (χ3n) is 3.11. The van der Waals surface area contributed by atoms with Crippen LogP contribution in [0.15, 0.2) is 30.8 Å². The van der Waals surface area contributed by atoms with Gasteiger partial charge in [0.2, 0.25) is 0 Å². The highest BCUT2D eigenvalue weighted by atomic mass is 31.2. The van der Waals surface area contributed by atoms with Crippen LogP contribution in [0.3, 0.4) is 0 Å². The summed E-state index contributed by atoms with van der Waals surface area (Å²) in [5.41, 5.74) is 2.23. The van der Waals surface area contributed by atoms with Gasteiger partial charge in [0.05, 0.1) is 0 Å². The predicted molar refractivity (Wildman–Crippen MR) is 83.0 cm³/mol. The van der Waals surface area contributed by atoms with E-state index in [0.29, 0.717) is 6.54 Å². The van der Waals surface area contributed by atoms with Gasteiger partial charge in [-0.25, -0.2) is 14.0 Å². The molecular formula is C14H24N3OP. The molecule has 4 nitrogen and oxygen atoms in total. The summed E-state index contributed by atoms with van der Waals surface area (Å²) in [4.78, 5) is 0. The second-order valence-electron chi connectivity index (χ2n) is 4.97. The SMILES string of the molecule is C=Cc1ccc(CN(C)P(=O)(N(C)C)N(C)C)cc1. The summed E-state index contributed by atoms with van der Waals surface area (Å²) in [5, 5.41) is 0. The lowest BCUT2D eigenvalue weighted by molar-refractivity contribution is 0.354. The van der Waals surface area contributed by atoms with E-state index in [-0.39, 0.29) is 0 Å². The minimum Gasteiger partial charge on any atom is -0.270 e. The molecule has 0 aliphatic heterocycles. The molecule has 0 N–H and O–H groups in total. The van der Waals surface area contributed by atoms with Crippen molar-refractivity contribution in [2.75, 3.05) is 35.2 Å². The molecular weight excluding hydrogens is 257 g/mol. The van der Waals surface area contributed by atoms with Crippen LogP contribution in [0, 0.1) is 0 Å².